The predicted molar refractivity (Wildman–Crippen MR) is 80.1 cm³/mol. The highest BCUT2D eigenvalue weighted by atomic mass is 35.5. The van der Waals surface area contributed by atoms with Crippen molar-refractivity contribution in [2.45, 2.75) is 51.2 Å². The summed E-state index contributed by atoms with van der Waals surface area (Å²) in [6.07, 6.45) is 6.54. The second kappa shape index (κ2) is 6.04. The van der Waals surface area contributed by atoms with Crippen LogP contribution in [0.3, 0.4) is 0 Å². The second-order valence-corrected chi connectivity index (χ2v) is 6.41. The quantitative estimate of drug-likeness (QED) is 0.859. The zero-order valence-corrected chi connectivity index (χ0v) is 13.2. The Morgan fingerprint density at radius 1 is 1.30 bits per heavy atom. The summed E-state index contributed by atoms with van der Waals surface area (Å²) >= 11 is 6.44. The molecule has 3 heterocycles. The maximum Gasteiger partial charge on any atom is 0.131 e. The minimum Gasteiger partial charge on any atom is -0.377 e. The van der Waals surface area contributed by atoms with Crippen LogP contribution in [0, 0.1) is 6.92 Å². The fourth-order valence-electron chi connectivity index (χ4n) is 3.61. The van der Waals surface area contributed by atoms with E-state index < -0.39 is 0 Å². The third kappa shape index (κ3) is 2.74. The van der Waals surface area contributed by atoms with Crippen LogP contribution in [0.1, 0.15) is 49.4 Å². The van der Waals surface area contributed by atoms with E-state index in [2.05, 4.69) is 16.9 Å². The summed E-state index contributed by atoms with van der Waals surface area (Å²) in [6.45, 7) is 5.18. The van der Waals surface area contributed by atoms with E-state index in [1.807, 2.05) is 7.05 Å². The maximum absolute atomic E-state index is 6.44. The summed E-state index contributed by atoms with van der Waals surface area (Å²) < 4.78 is 7.69. The SMILES string of the molecule is Cc1nn(C)c(Cl)c1[C@@H]1CCCN1C[C@@H]1CCCCO1. The summed E-state index contributed by atoms with van der Waals surface area (Å²) in [4.78, 5) is 2.55. The van der Waals surface area contributed by atoms with Crippen LogP contribution in [0.15, 0.2) is 0 Å². The van der Waals surface area contributed by atoms with E-state index in [0.29, 0.717) is 12.1 Å². The summed E-state index contributed by atoms with van der Waals surface area (Å²) in [7, 11) is 1.92. The average molecular weight is 298 g/mol. The van der Waals surface area contributed by atoms with Crippen LogP contribution in [-0.4, -0.2) is 40.5 Å². The standard InChI is InChI=1S/C15H24ClN3O/c1-11-14(15(16)18(2)17-11)13-7-5-8-19(13)10-12-6-3-4-9-20-12/h12-13H,3-10H2,1-2H3/t12-,13-/m0/s1. The molecule has 2 atom stereocenters. The molecule has 0 amide bonds. The van der Waals surface area contributed by atoms with Gasteiger partial charge in [0.25, 0.3) is 0 Å². The van der Waals surface area contributed by atoms with Gasteiger partial charge in [-0.05, 0) is 45.6 Å². The zero-order valence-electron chi connectivity index (χ0n) is 12.4. The number of aromatic nitrogens is 2. The van der Waals surface area contributed by atoms with Gasteiger partial charge < -0.3 is 4.74 Å². The fourth-order valence-corrected chi connectivity index (χ4v) is 3.91. The number of aryl methyl sites for hydroxylation is 2. The molecule has 2 aliphatic rings. The van der Waals surface area contributed by atoms with Crippen LogP contribution in [0.2, 0.25) is 5.15 Å². The molecular formula is C15H24ClN3O. The van der Waals surface area contributed by atoms with Gasteiger partial charge in [0.05, 0.1) is 11.8 Å². The van der Waals surface area contributed by atoms with E-state index in [4.69, 9.17) is 16.3 Å². The van der Waals surface area contributed by atoms with Crippen molar-refractivity contribution in [2.75, 3.05) is 19.7 Å². The van der Waals surface area contributed by atoms with Crippen LogP contribution in [-0.2, 0) is 11.8 Å². The maximum atomic E-state index is 6.44. The van der Waals surface area contributed by atoms with E-state index in [0.717, 1.165) is 30.5 Å². The number of halogens is 1. The molecule has 2 saturated heterocycles. The minimum absolute atomic E-state index is 0.403. The van der Waals surface area contributed by atoms with E-state index in [1.165, 1.54) is 37.7 Å². The lowest BCUT2D eigenvalue weighted by Gasteiger charge is -2.31. The Hall–Kier alpha value is -0.580. The first-order valence-electron chi connectivity index (χ1n) is 7.71. The first kappa shape index (κ1) is 14.4. The number of likely N-dealkylation sites (tertiary alicyclic amines) is 1. The third-order valence-electron chi connectivity index (χ3n) is 4.61. The van der Waals surface area contributed by atoms with Crippen LogP contribution in [0.4, 0.5) is 0 Å². The van der Waals surface area contributed by atoms with Crippen LogP contribution < -0.4 is 0 Å². The van der Waals surface area contributed by atoms with Crippen molar-refractivity contribution in [3.63, 3.8) is 0 Å². The minimum atomic E-state index is 0.403. The number of ether oxygens (including phenoxy) is 1. The van der Waals surface area contributed by atoms with Gasteiger partial charge in [-0.3, -0.25) is 9.58 Å². The highest BCUT2D eigenvalue weighted by molar-refractivity contribution is 6.30. The van der Waals surface area contributed by atoms with Crippen molar-refractivity contribution in [1.82, 2.24) is 14.7 Å². The smallest absolute Gasteiger partial charge is 0.131 e. The van der Waals surface area contributed by atoms with Crippen molar-refractivity contribution >= 4 is 11.6 Å². The van der Waals surface area contributed by atoms with Gasteiger partial charge in [0.1, 0.15) is 5.15 Å². The fraction of sp³-hybridized carbons (Fsp3) is 0.800. The van der Waals surface area contributed by atoms with Gasteiger partial charge in [0.2, 0.25) is 0 Å². The molecule has 1 aromatic heterocycles. The molecule has 2 fully saturated rings. The highest BCUT2D eigenvalue weighted by Crippen LogP contribution is 2.37. The van der Waals surface area contributed by atoms with Gasteiger partial charge in [-0.1, -0.05) is 11.6 Å². The molecule has 0 radical (unpaired) electrons. The molecule has 5 heteroatoms. The van der Waals surface area contributed by atoms with Crippen molar-refractivity contribution in [3.05, 3.63) is 16.4 Å². The predicted octanol–water partition coefficient (Wildman–Crippen LogP) is 3.09. The average Bonchev–Trinajstić information content (AvgIpc) is 2.97. The molecule has 0 saturated carbocycles. The molecule has 0 N–H and O–H groups in total. The summed E-state index contributed by atoms with van der Waals surface area (Å²) in [6, 6.07) is 0.418. The van der Waals surface area contributed by atoms with Gasteiger partial charge in [-0.2, -0.15) is 5.10 Å². The highest BCUT2D eigenvalue weighted by Gasteiger charge is 2.32. The molecule has 112 valence electrons. The zero-order chi connectivity index (χ0) is 14.1. The first-order chi connectivity index (χ1) is 9.66. The lowest BCUT2D eigenvalue weighted by molar-refractivity contribution is -0.00809. The van der Waals surface area contributed by atoms with Gasteiger partial charge in [0, 0.05) is 31.8 Å². The van der Waals surface area contributed by atoms with Crippen molar-refractivity contribution in [1.29, 1.82) is 0 Å². The molecule has 0 bridgehead atoms. The van der Waals surface area contributed by atoms with E-state index >= 15 is 0 Å². The molecular weight excluding hydrogens is 274 g/mol. The Balaban J connectivity index is 1.74. The Bertz CT molecular complexity index is 468. The molecule has 20 heavy (non-hydrogen) atoms. The van der Waals surface area contributed by atoms with Crippen LogP contribution in [0.5, 0.6) is 0 Å². The Morgan fingerprint density at radius 3 is 2.80 bits per heavy atom. The molecule has 4 nitrogen and oxygen atoms in total. The Morgan fingerprint density at radius 2 is 2.15 bits per heavy atom. The molecule has 0 spiro atoms. The largest absolute Gasteiger partial charge is 0.377 e. The van der Waals surface area contributed by atoms with Gasteiger partial charge in [-0.25, -0.2) is 0 Å². The van der Waals surface area contributed by atoms with Gasteiger partial charge in [0.15, 0.2) is 0 Å². The molecule has 3 rings (SSSR count). The number of hydrogen-bond donors (Lipinski definition) is 0. The number of hydrogen-bond acceptors (Lipinski definition) is 3. The monoisotopic (exact) mass is 297 g/mol. The van der Waals surface area contributed by atoms with E-state index in [1.54, 1.807) is 4.68 Å². The van der Waals surface area contributed by atoms with Crippen molar-refractivity contribution < 1.29 is 4.74 Å². The molecule has 2 aliphatic heterocycles. The third-order valence-corrected chi connectivity index (χ3v) is 5.05. The first-order valence-corrected chi connectivity index (χ1v) is 8.09. The van der Waals surface area contributed by atoms with Gasteiger partial charge in [-0.15, -0.1) is 0 Å². The topological polar surface area (TPSA) is 30.3 Å². The van der Waals surface area contributed by atoms with Crippen LogP contribution >= 0.6 is 11.6 Å². The number of nitrogens with zero attached hydrogens (tertiary/aromatic N) is 3. The summed E-state index contributed by atoms with van der Waals surface area (Å²) in [5.74, 6) is 0. The normalized spacial score (nSPS) is 28.1. The molecule has 0 aromatic carbocycles. The second-order valence-electron chi connectivity index (χ2n) is 6.06. The Labute approximate surface area is 126 Å². The molecule has 0 unspecified atom stereocenters. The summed E-state index contributed by atoms with van der Waals surface area (Å²) in [5, 5.41) is 5.26. The molecule has 0 aliphatic carbocycles. The molecule has 1 aromatic rings. The van der Waals surface area contributed by atoms with Gasteiger partial charge >= 0.3 is 0 Å². The lowest BCUT2D eigenvalue weighted by Crippen LogP contribution is -2.35. The van der Waals surface area contributed by atoms with Crippen molar-refractivity contribution in [3.8, 4) is 0 Å². The van der Waals surface area contributed by atoms with E-state index in [-0.39, 0.29) is 0 Å². The summed E-state index contributed by atoms with van der Waals surface area (Å²) in [5.41, 5.74) is 2.29. The van der Waals surface area contributed by atoms with Crippen LogP contribution in [0.25, 0.3) is 0 Å². The lowest BCUT2D eigenvalue weighted by atomic mass is 10.0. The number of rotatable bonds is 3. The van der Waals surface area contributed by atoms with E-state index in [9.17, 15) is 0 Å². The van der Waals surface area contributed by atoms with Crippen molar-refractivity contribution in [2.24, 2.45) is 7.05 Å². The Kier molecular flexibility index (Phi) is 4.34.